The molecule has 0 radical (unpaired) electrons. The molecule has 0 spiro atoms. The first-order valence-corrected chi connectivity index (χ1v) is 27.9. The molecule has 2 aliphatic heterocycles. The number of carbonyl (C=O) groups is 7. The molecule has 2 N–H and O–H groups in total. The number of hydrogen-bond acceptors (Lipinski definition) is 21. The summed E-state index contributed by atoms with van der Waals surface area (Å²) in [6.07, 6.45) is -8.53. The molecule has 1 saturated heterocycles. The molecule has 7 rings (SSSR count). The van der Waals surface area contributed by atoms with Gasteiger partial charge in [0.1, 0.15) is 29.9 Å². The van der Waals surface area contributed by atoms with Gasteiger partial charge in [-0.05, 0) is 77.4 Å². The average molecular weight is 1220 g/mol. The van der Waals surface area contributed by atoms with Crippen molar-refractivity contribution in [2.24, 2.45) is 15.9 Å². The minimum Gasteiger partial charge on any atom is -0.507 e. The fourth-order valence-corrected chi connectivity index (χ4v) is 10.6. The van der Waals surface area contributed by atoms with Gasteiger partial charge in [-0.3, -0.25) is 33.6 Å². The summed E-state index contributed by atoms with van der Waals surface area (Å²) in [6, 6.07) is 13.5. The van der Waals surface area contributed by atoms with E-state index < -0.39 is 117 Å². The fraction of sp³-hybridized carbons (Fsp3) is 0.421. The molecule has 5 atom stereocenters. The Morgan fingerprint density at radius 3 is 2.13 bits per heavy atom. The van der Waals surface area contributed by atoms with Crippen molar-refractivity contribution in [1.82, 2.24) is 9.88 Å². The minimum absolute atomic E-state index is 0.0186. The van der Waals surface area contributed by atoms with Crippen LogP contribution in [-0.4, -0.2) is 149 Å². The number of aromatic nitrogens is 1. The first-order valence-electron chi connectivity index (χ1n) is 26.2. The second-order valence-corrected chi connectivity index (χ2v) is 23.1. The Hall–Kier alpha value is -8.62. The van der Waals surface area contributed by atoms with E-state index in [1.165, 1.54) is 78.9 Å². The number of hydrogen-bond donors (Lipinski definition) is 2. The van der Waals surface area contributed by atoms with Crippen LogP contribution in [0.3, 0.4) is 0 Å². The molecule has 3 heterocycles. The lowest BCUT2D eigenvalue weighted by Gasteiger charge is -2.44. The zero-order valence-corrected chi connectivity index (χ0v) is 49.8. The van der Waals surface area contributed by atoms with Gasteiger partial charge in [0.05, 0.1) is 38.1 Å². The van der Waals surface area contributed by atoms with E-state index in [4.69, 9.17) is 63.4 Å². The summed E-state index contributed by atoms with van der Waals surface area (Å²) in [5.41, 5.74) is 10.1. The van der Waals surface area contributed by atoms with E-state index in [9.17, 15) is 47.1 Å². The third-order valence-electron chi connectivity index (χ3n) is 13.3. The molecule has 0 saturated carbocycles. The number of halogens is 1. The molecule has 2 amide bonds. The number of anilines is 1. The second-order valence-electron chi connectivity index (χ2n) is 21.7. The van der Waals surface area contributed by atoms with Gasteiger partial charge in [0.25, 0.3) is 11.8 Å². The fourth-order valence-electron chi connectivity index (χ4n) is 9.72. The number of azide groups is 1. The first-order chi connectivity index (χ1) is 39.9. The van der Waals surface area contributed by atoms with E-state index in [2.05, 4.69) is 15.0 Å². The van der Waals surface area contributed by atoms with Gasteiger partial charge in [0.2, 0.25) is 12.4 Å². The molecule has 4 aromatic carbocycles. The highest BCUT2D eigenvalue weighted by Gasteiger charge is 2.54. The molecule has 2 aliphatic rings. The van der Waals surface area contributed by atoms with Crippen LogP contribution in [-0.2, 0) is 58.0 Å². The molecule has 26 nitrogen and oxygen atoms in total. The van der Waals surface area contributed by atoms with E-state index in [0.717, 1.165) is 39.8 Å². The number of nitrogens with one attached hydrogen (secondary N) is 1. The van der Waals surface area contributed by atoms with Crippen molar-refractivity contribution in [3.05, 3.63) is 99.0 Å². The number of rotatable bonds is 23. The van der Waals surface area contributed by atoms with Crippen LogP contribution in [0.2, 0.25) is 0 Å². The maximum absolute atomic E-state index is 14.7. The number of aromatic hydroxyl groups is 1. The van der Waals surface area contributed by atoms with Crippen LogP contribution in [0.15, 0.2) is 71.3 Å². The number of amides is 2. The van der Waals surface area contributed by atoms with Crippen molar-refractivity contribution in [2.75, 3.05) is 58.5 Å². The Morgan fingerprint density at radius 1 is 0.835 bits per heavy atom. The van der Waals surface area contributed by atoms with Gasteiger partial charge in [-0.1, -0.05) is 44.4 Å². The molecule has 1 fully saturated rings. The van der Waals surface area contributed by atoms with Gasteiger partial charge in [-0.15, -0.1) is 8.42 Å². The van der Waals surface area contributed by atoms with Gasteiger partial charge in [-0.2, -0.15) is 0 Å². The summed E-state index contributed by atoms with van der Waals surface area (Å²) < 4.78 is 86.9. The standard InChI is InChI=1S/C57H63ClN6O20S/c1-29(65)39-16-35-17-42(61-41(35)20-44(39)70)54(72)64-23-36(22-58)49-40-19-37(75-11)13-14-38(40)46(21-43(49)64)83-85(73,74)84-47-18-34(53(71)63(10)26-57(8,9)28-76-27-56(6,7)25-60-62-59)12-15-45(47)81-55-52(80-33(5)69)51(79-32(4)68)50(78-31(3)67)48(82-55)24-77-30(2)66/h12-22,48,50-52,55,61,70H,23-28H2,1-11H3/b36-22+/t48-,50+,51?,52?,55?/m1/s1. The van der Waals surface area contributed by atoms with Crippen LogP contribution in [0.1, 0.15) is 99.1 Å². The summed E-state index contributed by atoms with van der Waals surface area (Å²) in [6.45, 7) is 12.7. The zero-order chi connectivity index (χ0) is 62.5. The van der Waals surface area contributed by atoms with Crippen LogP contribution >= 0.6 is 11.6 Å². The number of phenols is 1. The molecule has 28 heteroatoms. The summed E-state index contributed by atoms with van der Waals surface area (Å²) in [4.78, 5) is 99.7. The Morgan fingerprint density at radius 2 is 1.49 bits per heavy atom. The van der Waals surface area contributed by atoms with Crippen LogP contribution in [0.4, 0.5) is 5.69 Å². The normalized spacial score (nSPS) is 18.2. The van der Waals surface area contributed by atoms with Crippen molar-refractivity contribution >= 4 is 96.4 Å². The van der Waals surface area contributed by atoms with Crippen molar-refractivity contribution in [3.8, 4) is 28.7 Å². The quantitative estimate of drug-likeness (QED) is 0.0156. The Kier molecular flexibility index (Phi) is 19.6. The number of fused-ring (bicyclic) bond motifs is 4. The monoisotopic (exact) mass is 1220 g/mol. The third kappa shape index (κ3) is 15.4. The lowest BCUT2D eigenvalue weighted by molar-refractivity contribution is -0.288. The molecule has 85 heavy (non-hydrogen) atoms. The number of carbonyl (C=O) groups excluding carboxylic acids is 7. The number of methoxy groups -OCH3 is 1. The van der Waals surface area contributed by atoms with Gasteiger partial charge in [-0.25, -0.2) is 0 Å². The first kappa shape index (κ1) is 64.0. The number of benzene rings is 4. The van der Waals surface area contributed by atoms with Gasteiger partial charge in [0.15, 0.2) is 35.2 Å². The highest BCUT2D eigenvalue weighted by molar-refractivity contribution is 7.82. The van der Waals surface area contributed by atoms with E-state index in [1.807, 2.05) is 27.7 Å². The van der Waals surface area contributed by atoms with Crippen LogP contribution in [0.25, 0.3) is 37.7 Å². The van der Waals surface area contributed by atoms with E-state index in [1.54, 1.807) is 6.07 Å². The molecular weight excluding hydrogens is 1160 g/mol. The highest BCUT2D eigenvalue weighted by atomic mass is 35.5. The molecule has 3 unspecified atom stereocenters. The Balaban J connectivity index is 1.31. The molecular formula is C57H63ClN6O20S. The number of Topliss-reactive ketones (excluding diaryl/α,β-unsaturated/α-hetero) is 1. The Labute approximate surface area is 493 Å². The van der Waals surface area contributed by atoms with Crippen LogP contribution in [0.5, 0.6) is 28.7 Å². The number of aromatic amines is 1. The molecule has 0 aliphatic carbocycles. The van der Waals surface area contributed by atoms with Gasteiger partial charge >= 0.3 is 34.3 Å². The smallest absolute Gasteiger partial charge is 0.501 e. The number of H-pyrrole nitrogens is 1. The zero-order valence-electron chi connectivity index (χ0n) is 48.2. The van der Waals surface area contributed by atoms with Crippen molar-refractivity contribution in [3.63, 3.8) is 0 Å². The average Bonchev–Trinajstić information content (AvgIpc) is 1.81. The lowest BCUT2D eigenvalue weighted by atomic mass is 9.92. The van der Waals surface area contributed by atoms with Crippen LogP contribution in [0, 0.1) is 10.8 Å². The number of esters is 4. The molecule has 454 valence electrons. The van der Waals surface area contributed by atoms with E-state index in [0.29, 0.717) is 33.2 Å². The summed E-state index contributed by atoms with van der Waals surface area (Å²) in [5, 5.41) is 15.1. The predicted octanol–water partition coefficient (Wildman–Crippen LogP) is 8.09. The van der Waals surface area contributed by atoms with Crippen LogP contribution < -0.4 is 22.7 Å². The maximum atomic E-state index is 14.7. The summed E-state index contributed by atoms with van der Waals surface area (Å²) >= 11 is 6.44. The van der Waals surface area contributed by atoms with E-state index >= 15 is 0 Å². The number of ketones is 1. The van der Waals surface area contributed by atoms with Gasteiger partial charge in [0, 0.05) is 103 Å². The topological polar surface area (TPSA) is 337 Å². The Bertz CT molecular complexity index is 3670. The number of nitrogens with zero attached hydrogens (tertiary/aromatic N) is 5. The molecule has 5 aromatic rings. The molecule has 1 aromatic heterocycles. The largest absolute Gasteiger partial charge is 0.507 e. The van der Waals surface area contributed by atoms with Crippen molar-refractivity contribution in [2.45, 2.75) is 93.0 Å². The minimum atomic E-state index is -5.44. The summed E-state index contributed by atoms with van der Waals surface area (Å²) in [5.74, 6) is -6.96. The van der Waals surface area contributed by atoms with Gasteiger partial charge < -0.3 is 66.2 Å². The van der Waals surface area contributed by atoms with Crippen molar-refractivity contribution < 1.29 is 93.3 Å². The number of phenolic OH excluding ortho intramolecular Hbond substituents is 1. The summed E-state index contributed by atoms with van der Waals surface area (Å²) in [7, 11) is -2.53. The van der Waals surface area contributed by atoms with Crippen molar-refractivity contribution in [1.29, 1.82) is 0 Å². The SMILES string of the molecule is COc1ccc2c(OS(=O)(=O)Oc3cc(C(=O)N(C)CC(C)(C)COCC(C)(C)CN=[N+]=[N-])ccc3OC3O[C@H](COC(C)=O)[C@H](OC(C)=O)C(OC(C)=O)C3OC(C)=O)cc3c(c2c1)/C(=C/Cl)CN3C(=O)c1cc2cc(C(C)=O)c(O)cc2[nH]1. The predicted molar refractivity (Wildman–Crippen MR) is 305 cm³/mol. The maximum Gasteiger partial charge on any atom is 0.501 e. The third-order valence-corrected chi connectivity index (χ3v) is 14.3. The second kappa shape index (κ2) is 26.1. The van der Waals surface area contributed by atoms with E-state index in [-0.39, 0.29) is 66.5 Å². The molecule has 0 bridgehead atoms. The highest BCUT2D eigenvalue weighted by Crippen LogP contribution is 2.47. The lowest BCUT2D eigenvalue weighted by Crippen LogP contribution is -2.63. The number of ether oxygens (including phenoxy) is 8.